The van der Waals surface area contributed by atoms with Crippen molar-refractivity contribution in [2.24, 2.45) is 0 Å². The van der Waals surface area contributed by atoms with Crippen LogP contribution >= 0.6 is 0 Å². The molecular weight excluding hydrogens is 452 g/mol. The fraction of sp³-hybridized carbons (Fsp3) is 0.806. The molecule has 0 aromatic heterocycles. The van der Waals surface area contributed by atoms with Crippen LogP contribution in [0.5, 0.6) is 0 Å². The van der Waals surface area contributed by atoms with Gasteiger partial charge < -0.3 is 15.3 Å². The average molecular weight is 509 g/mol. The lowest BCUT2D eigenvalue weighted by Gasteiger charge is -2.10. The molecule has 5 heteroatoms. The highest BCUT2D eigenvalue weighted by Gasteiger charge is 2.03. The number of hydrogen-bond acceptors (Lipinski definition) is 3. The summed E-state index contributed by atoms with van der Waals surface area (Å²) in [6, 6.07) is 0. The molecule has 0 bridgehead atoms. The van der Waals surface area contributed by atoms with Crippen molar-refractivity contribution in [3.05, 3.63) is 24.3 Å². The van der Waals surface area contributed by atoms with Crippen LogP contribution in [0, 0.1) is 0 Å². The summed E-state index contributed by atoms with van der Waals surface area (Å²) in [4.78, 5) is 20.9. The lowest BCUT2D eigenvalue weighted by molar-refractivity contribution is -0.138. The first-order valence-corrected chi connectivity index (χ1v) is 14.9. The number of carboxylic acid groups (broad SMARTS) is 2. The van der Waals surface area contributed by atoms with Gasteiger partial charge in [0.2, 0.25) is 0 Å². The maximum absolute atomic E-state index is 10.4. The van der Waals surface area contributed by atoms with Gasteiger partial charge in [-0.3, -0.25) is 9.59 Å². The lowest BCUT2D eigenvalue weighted by Crippen LogP contribution is -2.05. The zero-order valence-electron chi connectivity index (χ0n) is 23.0. The van der Waals surface area contributed by atoms with Crippen LogP contribution < -0.4 is 0 Å². The van der Waals surface area contributed by atoms with Crippen LogP contribution in [0.3, 0.4) is 0 Å². The molecule has 0 aliphatic heterocycles. The molecule has 0 aromatic rings. The maximum atomic E-state index is 10.4. The topological polar surface area (TPSA) is 94.8 Å². The molecule has 210 valence electrons. The van der Waals surface area contributed by atoms with E-state index in [0.717, 1.165) is 77.0 Å². The Morgan fingerprint density at radius 1 is 0.444 bits per heavy atom. The number of carbonyl (C=O) groups is 2. The van der Waals surface area contributed by atoms with Crippen LogP contribution in [0.1, 0.15) is 154 Å². The van der Waals surface area contributed by atoms with Crippen molar-refractivity contribution in [2.75, 3.05) is 0 Å². The minimum Gasteiger partial charge on any atom is -0.481 e. The quantitative estimate of drug-likeness (QED) is 0.0724. The predicted molar refractivity (Wildman–Crippen MR) is 150 cm³/mol. The van der Waals surface area contributed by atoms with E-state index < -0.39 is 11.9 Å². The molecule has 0 aromatic carbocycles. The van der Waals surface area contributed by atoms with Crippen molar-refractivity contribution in [3.8, 4) is 0 Å². The Balaban J connectivity index is 3.26. The Hall–Kier alpha value is -1.62. The van der Waals surface area contributed by atoms with Crippen LogP contribution in [0.25, 0.3) is 0 Å². The van der Waals surface area contributed by atoms with Crippen molar-refractivity contribution in [2.45, 2.75) is 160 Å². The van der Waals surface area contributed by atoms with Gasteiger partial charge in [-0.25, -0.2) is 0 Å². The molecule has 36 heavy (non-hydrogen) atoms. The van der Waals surface area contributed by atoms with E-state index in [0.29, 0.717) is 0 Å². The van der Waals surface area contributed by atoms with E-state index in [2.05, 4.69) is 24.3 Å². The number of hydrogen-bond donors (Lipinski definition) is 3. The third-order valence-corrected chi connectivity index (χ3v) is 6.67. The largest absolute Gasteiger partial charge is 0.481 e. The number of rotatable bonds is 28. The number of aliphatic hydroxyl groups is 1. The van der Waals surface area contributed by atoms with Gasteiger partial charge in [-0.1, -0.05) is 88.5 Å². The molecular formula is C31H56O5. The molecule has 5 nitrogen and oxygen atoms in total. The number of allylic oxidation sites excluding steroid dienone is 4. The molecule has 0 spiro atoms. The van der Waals surface area contributed by atoms with Crippen LogP contribution in [-0.2, 0) is 9.59 Å². The first-order valence-electron chi connectivity index (χ1n) is 14.9. The van der Waals surface area contributed by atoms with E-state index in [1.54, 1.807) is 0 Å². The summed E-state index contributed by atoms with van der Waals surface area (Å²) >= 11 is 0. The molecule has 0 rings (SSSR count). The summed E-state index contributed by atoms with van der Waals surface area (Å²) in [5.41, 5.74) is 0. The molecule has 0 aliphatic carbocycles. The van der Waals surface area contributed by atoms with E-state index in [9.17, 15) is 14.7 Å². The molecule has 0 fully saturated rings. The Labute approximate surface area is 221 Å². The van der Waals surface area contributed by atoms with Gasteiger partial charge in [0.25, 0.3) is 0 Å². The highest BCUT2D eigenvalue weighted by molar-refractivity contribution is 5.66. The molecule has 0 saturated carbocycles. The smallest absolute Gasteiger partial charge is 0.303 e. The highest BCUT2D eigenvalue weighted by atomic mass is 16.4. The summed E-state index contributed by atoms with van der Waals surface area (Å²) in [6.45, 7) is 0. The second-order valence-electron chi connectivity index (χ2n) is 10.3. The Morgan fingerprint density at radius 3 is 1.06 bits per heavy atom. The second-order valence-corrected chi connectivity index (χ2v) is 10.3. The maximum Gasteiger partial charge on any atom is 0.303 e. The number of aliphatic carboxylic acids is 2. The lowest BCUT2D eigenvalue weighted by atomic mass is 10.0. The molecule has 0 amide bonds. The molecule has 3 N–H and O–H groups in total. The third kappa shape index (κ3) is 30.4. The Bertz CT molecular complexity index is 507. The zero-order chi connectivity index (χ0) is 26.5. The summed E-state index contributed by atoms with van der Waals surface area (Å²) in [7, 11) is 0. The summed E-state index contributed by atoms with van der Waals surface area (Å²) in [5.74, 6) is -1.39. The Morgan fingerprint density at radius 2 is 0.722 bits per heavy atom. The van der Waals surface area contributed by atoms with Gasteiger partial charge in [0.05, 0.1) is 6.10 Å². The zero-order valence-corrected chi connectivity index (χ0v) is 23.0. The standard InChI is InChI=1S/C31H56O5/c32-29(25-21-17-13-9-5-1-3-7-11-15-19-23-27-30(33)34)26-22-18-14-10-6-2-4-8-12-16-20-24-28-31(35)36/h7-8,11-12,29,32H,1-6,9-10,13-28H2,(H,33,34)(H,35,36)/b11-7-,12-8-. The van der Waals surface area contributed by atoms with Crippen molar-refractivity contribution in [1.29, 1.82) is 0 Å². The molecule has 0 atom stereocenters. The Kier molecular flexibility index (Phi) is 26.7. The molecule has 0 radical (unpaired) electrons. The summed E-state index contributed by atoms with van der Waals surface area (Å²) in [6.07, 6.45) is 33.8. The summed E-state index contributed by atoms with van der Waals surface area (Å²) < 4.78 is 0. The van der Waals surface area contributed by atoms with Crippen molar-refractivity contribution < 1.29 is 24.9 Å². The van der Waals surface area contributed by atoms with Gasteiger partial charge >= 0.3 is 11.9 Å². The molecule has 0 aliphatic rings. The van der Waals surface area contributed by atoms with Gasteiger partial charge in [-0.15, -0.1) is 0 Å². The van der Waals surface area contributed by atoms with Crippen molar-refractivity contribution in [3.63, 3.8) is 0 Å². The monoisotopic (exact) mass is 508 g/mol. The first kappa shape index (κ1) is 34.4. The molecule has 0 unspecified atom stereocenters. The number of carboxylic acids is 2. The van der Waals surface area contributed by atoms with E-state index in [1.165, 1.54) is 64.2 Å². The van der Waals surface area contributed by atoms with E-state index in [4.69, 9.17) is 10.2 Å². The SMILES string of the molecule is O=C(O)CCCC/C=C\CCCCCCCCC(O)CCCCCCCC/C=C\CCCCC(=O)O. The predicted octanol–water partition coefficient (Wildman–Crippen LogP) is 8.99. The highest BCUT2D eigenvalue weighted by Crippen LogP contribution is 2.15. The first-order chi connectivity index (χ1) is 17.5. The third-order valence-electron chi connectivity index (χ3n) is 6.67. The molecule has 0 saturated heterocycles. The minimum absolute atomic E-state index is 0.119. The minimum atomic E-state index is -0.697. The number of unbranched alkanes of at least 4 members (excludes halogenated alkanes) is 16. The van der Waals surface area contributed by atoms with Crippen molar-refractivity contribution in [1.82, 2.24) is 0 Å². The molecule has 0 heterocycles. The van der Waals surface area contributed by atoms with Gasteiger partial charge in [0.1, 0.15) is 0 Å². The average Bonchev–Trinajstić information content (AvgIpc) is 2.84. The van der Waals surface area contributed by atoms with Gasteiger partial charge in [0.15, 0.2) is 0 Å². The van der Waals surface area contributed by atoms with Crippen LogP contribution in [-0.4, -0.2) is 33.4 Å². The van der Waals surface area contributed by atoms with E-state index in [-0.39, 0.29) is 18.9 Å². The van der Waals surface area contributed by atoms with Crippen LogP contribution in [0.15, 0.2) is 24.3 Å². The number of aliphatic hydroxyl groups excluding tert-OH is 1. The normalized spacial score (nSPS) is 11.8. The fourth-order valence-corrected chi connectivity index (χ4v) is 4.39. The second kappa shape index (κ2) is 28.0. The van der Waals surface area contributed by atoms with Crippen LogP contribution in [0.2, 0.25) is 0 Å². The fourth-order valence-electron chi connectivity index (χ4n) is 4.39. The van der Waals surface area contributed by atoms with Crippen molar-refractivity contribution >= 4 is 11.9 Å². The van der Waals surface area contributed by atoms with Gasteiger partial charge in [-0.2, -0.15) is 0 Å². The summed E-state index contributed by atoms with van der Waals surface area (Å²) in [5, 5.41) is 27.4. The van der Waals surface area contributed by atoms with Gasteiger partial charge in [0, 0.05) is 12.8 Å². The van der Waals surface area contributed by atoms with E-state index >= 15 is 0 Å². The van der Waals surface area contributed by atoms with Gasteiger partial charge in [-0.05, 0) is 77.0 Å². The van der Waals surface area contributed by atoms with E-state index in [1.807, 2.05) is 0 Å². The van der Waals surface area contributed by atoms with Crippen LogP contribution in [0.4, 0.5) is 0 Å².